The second-order valence-electron chi connectivity index (χ2n) is 9.15. The molecule has 3 aromatic carbocycles. The monoisotopic (exact) mass is 494 g/mol. The third-order valence-electron chi connectivity index (χ3n) is 6.52. The second kappa shape index (κ2) is 8.17. The topological polar surface area (TPSA) is 83.6 Å². The Kier molecular flexibility index (Phi) is 5.05. The number of para-hydroxylation sites is 1. The number of aliphatic hydroxyl groups excluding tert-OH is 1. The highest BCUT2D eigenvalue weighted by Crippen LogP contribution is 2.45. The average Bonchev–Trinajstić information content (AvgIpc) is 3.54. The maximum absolute atomic E-state index is 13.8. The first-order valence-electron chi connectivity index (χ1n) is 11.6. The summed E-state index contributed by atoms with van der Waals surface area (Å²) in [6.07, 6.45) is 0. The molecule has 0 saturated carbocycles. The normalized spacial score (nSPS) is 16.0. The van der Waals surface area contributed by atoms with Crippen molar-refractivity contribution in [2.45, 2.75) is 26.8 Å². The molecule has 0 aliphatic carbocycles. The van der Waals surface area contributed by atoms with Crippen LogP contribution in [0.4, 0.5) is 5.13 Å². The van der Waals surface area contributed by atoms with Crippen LogP contribution in [0.5, 0.6) is 0 Å². The van der Waals surface area contributed by atoms with Gasteiger partial charge in [-0.25, -0.2) is 4.98 Å². The van der Waals surface area contributed by atoms with Gasteiger partial charge < -0.3 is 9.52 Å². The predicted octanol–water partition coefficient (Wildman–Crippen LogP) is 6.75. The number of rotatable bonds is 4. The zero-order valence-corrected chi connectivity index (χ0v) is 20.7. The Morgan fingerprint density at radius 1 is 1.00 bits per heavy atom. The van der Waals surface area contributed by atoms with Gasteiger partial charge in [-0.3, -0.25) is 14.5 Å². The molecular weight excluding hydrogens is 472 g/mol. The fourth-order valence-corrected chi connectivity index (χ4v) is 5.96. The van der Waals surface area contributed by atoms with E-state index in [4.69, 9.17) is 9.40 Å². The van der Waals surface area contributed by atoms with Gasteiger partial charge in [0.05, 0.1) is 21.8 Å². The number of furan rings is 1. The van der Waals surface area contributed by atoms with Crippen LogP contribution < -0.4 is 4.90 Å². The number of hydrogen-bond donors (Lipinski definition) is 1. The lowest BCUT2D eigenvalue weighted by Crippen LogP contribution is -2.30. The Hall–Kier alpha value is -4.23. The van der Waals surface area contributed by atoms with E-state index in [1.54, 1.807) is 12.1 Å². The van der Waals surface area contributed by atoms with Gasteiger partial charge in [-0.2, -0.15) is 0 Å². The van der Waals surface area contributed by atoms with Crippen molar-refractivity contribution in [2.75, 3.05) is 4.90 Å². The number of aliphatic hydroxyl groups is 1. The maximum Gasteiger partial charge on any atom is 0.296 e. The summed E-state index contributed by atoms with van der Waals surface area (Å²) in [6.45, 7) is 5.96. The summed E-state index contributed by atoms with van der Waals surface area (Å²) in [5.41, 5.74) is 5.18. The zero-order chi connectivity index (χ0) is 25.1. The number of carbonyl (C=O) groups is 2. The molecule has 3 heterocycles. The average molecular weight is 495 g/mol. The number of amides is 1. The number of fused-ring (bicyclic) bond motifs is 2. The summed E-state index contributed by atoms with van der Waals surface area (Å²) in [5.74, 6) is -1.70. The van der Waals surface area contributed by atoms with Crippen molar-refractivity contribution in [3.8, 4) is 0 Å². The highest BCUT2D eigenvalue weighted by molar-refractivity contribution is 7.22. The first kappa shape index (κ1) is 22.2. The van der Waals surface area contributed by atoms with Crippen LogP contribution in [0, 0.1) is 20.8 Å². The molecule has 178 valence electrons. The summed E-state index contributed by atoms with van der Waals surface area (Å²) in [4.78, 5) is 33.5. The van der Waals surface area contributed by atoms with Crippen LogP contribution in [-0.4, -0.2) is 21.8 Å². The molecule has 36 heavy (non-hydrogen) atoms. The lowest BCUT2D eigenvalue weighted by atomic mass is 9.94. The summed E-state index contributed by atoms with van der Waals surface area (Å²) < 4.78 is 6.75. The minimum atomic E-state index is -0.847. The van der Waals surface area contributed by atoms with Crippen LogP contribution in [0.1, 0.15) is 38.9 Å². The Labute approximate surface area is 211 Å². The molecule has 1 aliphatic rings. The van der Waals surface area contributed by atoms with Crippen molar-refractivity contribution >= 4 is 49.3 Å². The number of ketones is 1. The molecule has 1 atom stereocenters. The van der Waals surface area contributed by atoms with Gasteiger partial charge in [-0.15, -0.1) is 0 Å². The molecule has 1 amide bonds. The van der Waals surface area contributed by atoms with Gasteiger partial charge in [-0.1, -0.05) is 65.4 Å². The van der Waals surface area contributed by atoms with Crippen molar-refractivity contribution in [3.05, 3.63) is 106 Å². The van der Waals surface area contributed by atoms with E-state index in [1.807, 2.05) is 75.4 Å². The highest BCUT2D eigenvalue weighted by atomic mass is 32.1. The van der Waals surface area contributed by atoms with Crippen molar-refractivity contribution < 1.29 is 19.1 Å². The van der Waals surface area contributed by atoms with Crippen molar-refractivity contribution in [2.24, 2.45) is 0 Å². The van der Waals surface area contributed by atoms with Gasteiger partial charge in [-0.05, 0) is 55.7 Å². The minimum Gasteiger partial charge on any atom is -0.503 e. The van der Waals surface area contributed by atoms with E-state index < -0.39 is 23.5 Å². The van der Waals surface area contributed by atoms with Crippen LogP contribution in [-0.2, 0) is 4.79 Å². The van der Waals surface area contributed by atoms with E-state index in [-0.39, 0.29) is 11.3 Å². The van der Waals surface area contributed by atoms with Crippen LogP contribution in [0.3, 0.4) is 0 Å². The molecule has 6 rings (SSSR count). The third kappa shape index (κ3) is 3.43. The molecule has 5 aromatic rings. The van der Waals surface area contributed by atoms with Gasteiger partial charge in [0, 0.05) is 5.39 Å². The summed E-state index contributed by atoms with van der Waals surface area (Å²) in [5, 5.41) is 12.3. The van der Waals surface area contributed by atoms with Crippen molar-refractivity contribution in [1.29, 1.82) is 0 Å². The number of anilines is 1. The SMILES string of the molecule is Cc1ccc(C2C(C(=O)c3cc4ccccc4o3)=C(O)C(=O)N2c2nc3c(C)cc(C)cc3s2)cc1. The number of aromatic nitrogens is 1. The first-order valence-corrected chi connectivity index (χ1v) is 12.4. The molecule has 7 heteroatoms. The standard InChI is InChI=1S/C29H22N2O4S/c1-15-8-10-18(11-9-15)25-23(26(32)21-14-19-6-4-5-7-20(19)35-21)27(33)28(34)31(25)29-30-24-17(3)12-16(2)13-22(24)36-29/h4-14,25,33H,1-3H3. The van der Waals surface area contributed by atoms with Crippen LogP contribution in [0.25, 0.3) is 21.2 Å². The van der Waals surface area contributed by atoms with Crippen LogP contribution in [0.2, 0.25) is 0 Å². The fraction of sp³-hybridized carbons (Fsp3) is 0.138. The molecule has 0 radical (unpaired) electrons. The van der Waals surface area contributed by atoms with E-state index in [0.29, 0.717) is 16.3 Å². The fourth-order valence-electron chi connectivity index (χ4n) is 4.79. The Morgan fingerprint density at radius 2 is 1.75 bits per heavy atom. The Bertz CT molecular complexity index is 1690. The van der Waals surface area contributed by atoms with Crippen molar-refractivity contribution in [3.63, 3.8) is 0 Å². The highest BCUT2D eigenvalue weighted by Gasteiger charge is 2.46. The van der Waals surface area contributed by atoms with E-state index in [1.165, 1.54) is 16.2 Å². The number of thiazole rings is 1. The number of nitrogens with zero attached hydrogens (tertiary/aromatic N) is 2. The number of carbonyl (C=O) groups excluding carboxylic acids is 2. The lowest BCUT2D eigenvalue weighted by Gasteiger charge is -2.24. The number of benzene rings is 3. The second-order valence-corrected chi connectivity index (χ2v) is 10.2. The molecule has 1 N–H and O–H groups in total. The molecule has 1 aliphatic heterocycles. The summed E-state index contributed by atoms with van der Waals surface area (Å²) >= 11 is 1.37. The van der Waals surface area contributed by atoms with Gasteiger partial charge in [0.1, 0.15) is 5.58 Å². The Balaban J connectivity index is 1.52. The quantitative estimate of drug-likeness (QED) is 0.279. The van der Waals surface area contributed by atoms with Crippen molar-refractivity contribution in [1.82, 2.24) is 4.98 Å². The Morgan fingerprint density at radius 3 is 2.50 bits per heavy atom. The smallest absolute Gasteiger partial charge is 0.296 e. The third-order valence-corrected chi connectivity index (χ3v) is 7.52. The molecule has 0 spiro atoms. The minimum absolute atomic E-state index is 0.0185. The predicted molar refractivity (Wildman–Crippen MR) is 141 cm³/mol. The zero-order valence-electron chi connectivity index (χ0n) is 19.9. The summed E-state index contributed by atoms with van der Waals surface area (Å²) in [6, 6.07) is 19.7. The van der Waals surface area contributed by atoms with Gasteiger partial charge >= 0.3 is 0 Å². The molecule has 2 aromatic heterocycles. The molecular formula is C29H22N2O4S. The largest absolute Gasteiger partial charge is 0.503 e. The molecule has 0 saturated heterocycles. The van der Waals surface area contributed by atoms with E-state index in [0.717, 1.165) is 32.3 Å². The first-order chi connectivity index (χ1) is 17.3. The van der Waals surface area contributed by atoms with Gasteiger partial charge in [0.15, 0.2) is 16.7 Å². The molecule has 1 unspecified atom stereocenters. The van der Waals surface area contributed by atoms with Gasteiger partial charge in [0.25, 0.3) is 5.91 Å². The van der Waals surface area contributed by atoms with Crippen LogP contribution >= 0.6 is 11.3 Å². The molecule has 6 nitrogen and oxygen atoms in total. The van der Waals surface area contributed by atoms with E-state index >= 15 is 0 Å². The molecule has 0 fully saturated rings. The maximum atomic E-state index is 13.8. The van der Waals surface area contributed by atoms with E-state index in [9.17, 15) is 14.7 Å². The number of hydrogen-bond acceptors (Lipinski definition) is 6. The molecule has 0 bridgehead atoms. The number of Topliss-reactive ketones (excluding diaryl/α,β-unsaturated/α-hetero) is 1. The van der Waals surface area contributed by atoms with Gasteiger partial charge in [0.2, 0.25) is 5.78 Å². The van der Waals surface area contributed by atoms with E-state index in [2.05, 4.69) is 0 Å². The van der Waals surface area contributed by atoms with Crippen LogP contribution in [0.15, 0.2) is 82.5 Å². The lowest BCUT2D eigenvalue weighted by molar-refractivity contribution is -0.117. The number of aryl methyl sites for hydroxylation is 3. The summed E-state index contributed by atoms with van der Waals surface area (Å²) in [7, 11) is 0.